The Morgan fingerprint density at radius 1 is 1.09 bits per heavy atom. The van der Waals surface area contributed by atoms with Gasteiger partial charge in [-0.15, -0.1) is 0 Å². The summed E-state index contributed by atoms with van der Waals surface area (Å²) in [6.45, 7) is 1.18. The Morgan fingerprint density at radius 2 is 1.78 bits per heavy atom. The summed E-state index contributed by atoms with van der Waals surface area (Å²) < 4.78 is 5.58. The van der Waals surface area contributed by atoms with Crippen molar-refractivity contribution in [1.29, 1.82) is 5.26 Å². The van der Waals surface area contributed by atoms with Gasteiger partial charge in [-0.3, -0.25) is 4.79 Å². The predicted octanol–water partition coefficient (Wildman–Crippen LogP) is 3.80. The zero-order chi connectivity index (χ0) is 16.5. The smallest absolute Gasteiger partial charge is 0.251 e. The van der Waals surface area contributed by atoms with Gasteiger partial charge in [0.1, 0.15) is 5.75 Å². The van der Waals surface area contributed by atoms with E-state index in [-0.39, 0.29) is 5.91 Å². The SMILES string of the molecule is N#Cc1ccc(C(=O)NCCCCOc2ccc(Cl)cc2)cc1. The van der Waals surface area contributed by atoms with Gasteiger partial charge >= 0.3 is 0 Å². The van der Waals surface area contributed by atoms with Crippen LogP contribution in [0.1, 0.15) is 28.8 Å². The van der Waals surface area contributed by atoms with E-state index in [1.807, 2.05) is 18.2 Å². The van der Waals surface area contributed by atoms with Crippen molar-refractivity contribution < 1.29 is 9.53 Å². The fraction of sp³-hybridized carbons (Fsp3) is 0.222. The van der Waals surface area contributed by atoms with Crippen molar-refractivity contribution in [3.8, 4) is 11.8 Å². The standard InChI is InChI=1S/C18H17ClN2O2/c19-16-7-9-17(10-8-16)23-12-2-1-11-21-18(22)15-5-3-14(13-20)4-6-15/h3-10H,1-2,11-12H2,(H,21,22). The van der Waals surface area contributed by atoms with Crippen LogP contribution in [0, 0.1) is 11.3 Å². The molecule has 0 unspecified atom stereocenters. The number of carbonyl (C=O) groups excluding carboxylic acids is 1. The molecular formula is C18H17ClN2O2. The van der Waals surface area contributed by atoms with Crippen molar-refractivity contribution in [2.45, 2.75) is 12.8 Å². The molecule has 1 N–H and O–H groups in total. The number of amides is 1. The number of carbonyl (C=O) groups is 1. The molecule has 0 radical (unpaired) electrons. The number of nitrogens with one attached hydrogen (secondary N) is 1. The molecule has 118 valence electrons. The highest BCUT2D eigenvalue weighted by atomic mass is 35.5. The van der Waals surface area contributed by atoms with E-state index in [4.69, 9.17) is 21.6 Å². The lowest BCUT2D eigenvalue weighted by Crippen LogP contribution is -2.24. The van der Waals surface area contributed by atoms with Gasteiger partial charge < -0.3 is 10.1 Å². The van der Waals surface area contributed by atoms with E-state index in [0.29, 0.717) is 29.3 Å². The molecule has 1 amide bonds. The summed E-state index contributed by atoms with van der Waals surface area (Å²) in [6, 6.07) is 15.8. The first-order chi connectivity index (χ1) is 11.2. The predicted molar refractivity (Wildman–Crippen MR) is 89.7 cm³/mol. The van der Waals surface area contributed by atoms with Gasteiger partial charge in [-0.2, -0.15) is 5.26 Å². The minimum absolute atomic E-state index is 0.131. The Hall–Kier alpha value is -2.51. The molecule has 2 rings (SSSR count). The van der Waals surface area contributed by atoms with Crippen LogP contribution in [0.2, 0.25) is 5.02 Å². The zero-order valence-electron chi connectivity index (χ0n) is 12.6. The third-order valence-electron chi connectivity index (χ3n) is 3.22. The molecular weight excluding hydrogens is 312 g/mol. The van der Waals surface area contributed by atoms with E-state index in [0.717, 1.165) is 18.6 Å². The summed E-state index contributed by atoms with van der Waals surface area (Å²) in [4.78, 5) is 11.9. The molecule has 0 aliphatic carbocycles. The molecule has 0 saturated heterocycles. The fourth-order valence-corrected chi connectivity index (χ4v) is 2.07. The zero-order valence-corrected chi connectivity index (χ0v) is 13.3. The molecule has 0 aliphatic rings. The summed E-state index contributed by atoms with van der Waals surface area (Å²) in [5, 5.41) is 12.2. The molecule has 0 aromatic heterocycles. The van der Waals surface area contributed by atoms with Gasteiger partial charge in [0.15, 0.2) is 0 Å². The van der Waals surface area contributed by atoms with Crippen molar-refractivity contribution >= 4 is 17.5 Å². The third kappa shape index (κ3) is 5.65. The van der Waals surface area contributed by atoms with Crippen LogP contribution in [-0.2, 0) is 0 Å². The van der Waals surface area contributed by atoms with Crippen LogP contribution in [0.25, 0.3) is 0 Å². The van der Waals surface area contributed by atoms with E-state index in [2.05, 4.69) is 5.32 Å². The maximum absolute atomic E-state index is 11.9. The Morgan fingerprint density at radius 3 is 2.43 bits per heavy atom. The molecule has 2 aromatic carbocycles. The molecule has 0 spiro atoms. The summed E-state index contributed by atoms with van der Waals surface area (Å²) in [5.74, 6) is 0.657. The monoisotopic (exact) mass is 328 g/mol. The van der Waals surface area contributed by atoms with Crippen LogP contribution in [0.5, 0.6) is 5.75 Å². The quantitative estimate of drug-likeness (QED) is 0.786. The second-order valence-corrected chi connectivity index (χ2v) is 5.39. The highest BCUT2D eigenvalue weighted by molar-refractivity contribution is 6.30. The molecule has 2 aromatic rings. The highest BCUT2D eigenvalue weighted by Gasteiger charge is 2.04. The summed E-state index contributed by atoms with van der Waals surface area (Å²) in [5.41, 5.74) is 1.10. The van der Waals surface area contributed by atoms with Gasteiger partial charge in [-0.05, 0) is 61.4 Å². The van der Waals surface area contributed by atoms with Crippen molar-refractivity contribution in [2.75, 3.05) is 13.2 Å². The van der Waals surface area contributed by atoms with Crippen LogP contribution in [0.15, 0.2) is 48.5 Å². The Labute approximate surface area is 140 Å². The molecule has 0 heterocycles. The average Bonchev–Trinajstić information content (AvgIpc) is 2.59. The number of rotatable bonds is 7. The number of unbranched alkanes of at least 4 members (excludes halogenated alkanes) is 1. The highest BCUT2D eigenvalue weighted by Crippen LogP contribution is 2.15. The number of halogens is 1. The first kappa shape index (κ1) is 16.9. The number of hydrogen-bond acceptors (Lipinski definition) is 3. The fourth-order valence-electron chi connectivity index (χ4n) is 1.95. The van der Waals surface area contributed by atoms with Crippen LogP contribution in [0.4, 0.5) is 0 Å². The van der Waals surface area contributed by atoms with Crippen LogP contribution in [0.3, 0.4) is 0 Å². The number of hydrogen-bond donors (Lipinski definition) is 1. The number of nitrogens with zero attached hydrogens (tertiary/aromatic N) is 1. The lowest BCUT2D eigenvalue weighted by molar-refractivity contribution is 0.0952. The Balaban J connectivity index is 1.62. The number of ether oxygens (including phenoxy) is 1. The molecule has 0 atom stereocenters. The second-order valence-electron chi connectivity index (χ2n) is 4.95. The van der Waals surface area contributed by atoms with E-state index in [1.165, 1.54) is 0 Å². The second kappa shape index (κ2) is 8.82. The van der Waals surface area contributed by atoms with Crippen molar-refractivity contribution in [3.05, 3.63) is 64.7 Å². The Kier molecular flexibility index (Phi) is 6.46. The number of benzene rings is 2. The Bertz CT molecular complexity index is 676. The van der Waals surface area contributed by atoms with Crippen molar-refractivity contribution in [2.24, 2.45) is 0 Å². The van der Waals surface area contributed by atoms with Crippen molar-refractivity contribution in [3.63, 3.8) is 0 Å². The largest absolute Gasteiger partial charge is 0.494 e. The first-order valence-electron chi connectivity index (χ1n) is 7.36. The maximum Gasteiger partial charge on any atom is 0.251 e. The molecule has 0 fully saturated rings. The molecule has 4 nitrogen and oxygen atoms in total. The van der Waals surface area contributed by atoms with Crippen LogP contribution in [-0.4, -0.2) is 19.1 Å². The van der Waals surface area contributed by atoms with Crippen molar-refractivity contribution in [1.82, 2.24) is 5.32 Å². The number of nitriles is 1. The van der Waals surface area contributed by atoms with E-state index < -0.39 is 0 Å². The maximum atomic E-state index is 11.9. The minimum atomic E-state index is -0.131. The average molecular weight is 329 g/mol. The van der Waals surface area contributed by atoms with E-state index in [9.17, 15) is 4.79 Å². The van der Waals surface area contributed by atoms with Gasteiger partial charge in [0.05, 0.1) is 18.2 Å². The summed E-state index contributed by atoms with van der Waals surface area (Å²) in [6.07, 6.45) is 1.67. The van der Waals surface area contributed by atoms with Gasteiger partial charge in [-0.25, -0.2) is 0 Å². The topological polar surface area (TPSA) is 62.1 Å². The molecule has 0 aliphatic heterocycles. The molecule has 5 heteroatoms. The minimum Gasteiger partial charge on any atom is -0.494 e. The lowest BCUT2D eigenvalue weighted by Gasteiger charge is -2.07. The van der Waals surface area contributed by atoms with Crippen LogP contribution >= 0.6 is 11.6 Å². The van der Waals surface area contributed by atoms with Gasteiger partial charge in [0, 0.05) is 17.1 Å². The van der Waals surface area contributed by atoms with E-state index in [1.54, 1.807) is 36.4 Å². The molecule has 0 bridgehead atoms. The van der Waals surface area contributed by atoms with Gasteiger partial charge in [0.25, 0.3) is 5.91 Å². The first-order valence-corrected chi connectivity index (χ1v) is 7.73. The van der Waals surface area contributed by atoms with Gasteiger partial charge in [-0.1, -0.05) is 11.6 Å². The van der Waals surface area contributed by atoms with Crippen LogP contribution < -0.4 is 10.1 Å². The third-order valence-corrected chi connectivity index (χ3v) is 3.47. The van der Waals surface area contributed by atoms with E-state index >= 15 is 0 Å². The normalized spacial score (nSPS) is 9.91. The molecule has 23 heavy (non-hydrogen) atoms. The summed E-state index contributed by atoms with van der Waals surface area (Å²) >= 11 is 5.80. The van der Waals surface area contributed by atoms with Gasteiger partial charge in [0.2, 0.25) is 0 Å². The summed E-state index contributed by atoms with van der Waals surface area (Å²) in [7, 11) is 0. The lowest BCUT2D eigenvalue weighted by atomic mass is 10.1. The molecule has 0 saturated carbocycles.